The van der Waals surface area contributed by atoms with E-state index >= 15 is 0 Å². The molecule has 0 bridgehead atoms. The van der Waals surface area contributed by atoms with Gasteiger partial charge in [0.2, 0.25) is 0 Å². The predicted molar refractivity (Wildman–Crippen MR) is 228 cm³/mol. The number of esters is 6. The monoisotopic (exact) mass is 874 g/mol. The number of hydrogen-bond acceptors (Lipinski definition) is 16. The van der Waals surface area contributed by atoms with Gasteiger partial charge in [-0.3, -0.25) is 9.59 Å². The smallest absolute Gasteiger partial charge is 0.333 e. The Morgan fingerprint density at radius 1 is 0.452 bits per heavy atom. The molecule has 346 valence electrons. The van der Waals surface area contributed by atoms with E-state index in [2.05, 4.69) is 26.3 Å². The maximum atomic E-state index is 12.5. The number of hydrogen-bond donors (Lipinski definition) is 0. The molecule has 0 aliphatic rings. The van der Waals surface area contributed by atoms with Gasteiger partial charge in [0.15, 0.2) is 12.2 Å². The van der Waals surface area contributed by atoms with E-state index in [-0.39, 0.29) is 90.1 Å². The van der Waals surface area contributed by atoms with Crippen molar-refractivity contribution in [2.45, 2.75) is 104 Å². The minimum absolute atomic E-state index is 0.0377. The first kappa shape index (κ1) is 54.5. The second kappa shape index (κ2) is 33.2. The van der Waals surface area contributed by atoms with Crippen LogP contribution in [0.25, 0.3) is 0 Å². The Kier molecular flexibility index (Phi) is 29.2. The van der Waals surface area contributed by atoms with Crippen molar-refractivity contribution in [1.82, 2.24) is 0 Å². The zero-order valence-electron chi connectivity index (χ0n) is 37.0. The quantitative estimate of drug-likeness (QED) is 0.0300. The van der Waals surface area contributed by atoms with E-state index < -0.39 is 48.0 Å². The molecule has 0 radical (unpaired) electrons. The molecular formula is C46H66O16. The van der Waals surface area contributed by atoms with Gasteiger partial charge in [-0.2, -0.15) is 0 Å². The van der Waals surface area contributed by atoms with Crippen LogP contribution in [0.15, 0.2) is 72.9 Å². The van der Waals surface area contributed by atoms with Crippen molar-refractivity contribution < 1.29 is 76.1 Å². The van der Waals surface area contributed by atoms with E-state index in [1.54, 1.807) is 38.1 Å². The molecule has 2 unspecified atom stereocenters. The fourth-order valence-electron chi connectivity index (χ4n) is 4.85. The molecule has 0 aromatic heterocycles. The normalized spacial score (nSPS) is 11.5. The van der Waals surface area contributed by atoms with Gasteiger partial charge in [-0.05, 0) is 65.5 Å². The Hall–Kier alpha value is -5.48. The van der Waals surface area contributed by atoms with Gasteiger partial charge >= 0.3 is 35.8 Å². The van der Waals surface area contributed by atoms with Crippen LogP contribution in [-0.4, -0.2) is 114 Å². The number of benzene rings is 1. The van der Waals surface area contributed by atoms with Crippen molar-refractivity contribution in [2.75, 3.05) is 66.1 Å². The SMILES string of the molecule is C=C(C)C(=O)OCCCCCCC(=O)OC(COCCOc1cccc(OCCOCC(COC(=O)C(=C)C)OC(=O)CCCCCCOC(=O)C(=C)C)c1)COC(=O)C(=C)C. The van der Waals surface area contributed by atoms with Gasteiger partial charge in [-0.1, -0.05) is 58.1 Å². The summed E-state index contributed by atoms with van der Waals surface area (Å²) in [5.41, 5.74) is 1.11. The molecule has 1 aromatic carbocycles. The van der Waals surface area contributed by atoms with Crippen molar-refractivity contribution in [3.05, 3.63) is 72.9 Å². The summed E-state index contributed by atoms with van der Waals surface area (Å²) >= 11 is 0. The highest BCUT2D eigenvalue weighted by Gasteiger charge is 2.19. The lowest BCUT2D eigenvalue weighted by molar-refractivity contribution is -0.161. The average Bonchev–Trinajstić information content (AvgIpc) is 3.22. The van der Waals surface area contributed by atoms with Crippen LogP contribution >= 0.6 is 0 Å². The van der Waals surface area contributed by atoms with E-state index in [9.17, 15) is 28.8 Å². The van der Waals surface area contributed by atoms with Crippen LogP contribution in [0.3, 0.4) is 0 Å². The van der Waals surface area contributed by atoms with Crippen LogP contribution in [0.2, 0.25) is 0 Å². The van der Waals surface area contributed by atoms with Crippen molar-refractivity contribution in [2.24, 2.45) is 0 Å². The first-order valence-corrected chi connectivity index (χ1v) is 20.8. The van der Waals surface area contributed by atoms with E-state index in [1.807, 2.05) is 0 Å². The molecule has 0 fully saturated rings. The molecular weight excluding hydrogens is 808 g/mol. The van der Waals surface area contributed by atoms with Gasteiger partial charge in [0.25, 0.3) is 0 Å². The van der Waals surface area contributed by atoms with Gasteiger partial charge in [0, 0.05) is 41.2 Å². The summed E-state index contributed by atoms with van der Waals surface area (Å²) in [5, 5.41) is 0. The fourth-order valence-corrected chi connectivity index (χ4v) is 4.85. The number of rotatable bonds is 36. The molecule has 0 aliphatic carbocycles. The molecule has 1 rings (SSSR count). The highest BCUT2D eigenvalue weighted by molar-refractivity contribution is 5.88. The zero-order valence-corrected chi connectivity index (χ0v) is 37.0. The molecule has 62 heavy (non-hydrogen) atoms. The van der Waals surface area contributed by atoms with Crippen LogP contribution < -0.4 is 9.47 Å². The molecule has 16 heteroatoms. The summed E-state index contributed by atoms with van der Waals surface area (Å²) in [4.78, 5) is 71.8. The molecule has 0 aliphatic heterocycles. The lowest BCUT2D eigenvalue weighted by atomic mass is 10.1. The Balaban J connectivity index is 2.47. The minimum atomic E-state index is -0.839. The molecule has 0 saturated heterocycles. The third-order valence-corrected chi connectivity index (χ3v) is 8.21. The highest BCUT2D eigenvalue weighted by atomic mass is 16.6. The second-order valence-electron chi connectivity index (χ2n) is 14.5. The Bertz CT molecular complexity index is 1500. The first-order valence-electron chi connectivity index (χ1n) is 20.8. The Morgan fingerprint density at radius 3 is 1.18 bits per heavy atom. The summed E-state index contributed by atoms with van der Waals surface area (Å²) in [6, 6.07) is 6.92. The van der Waals surface area contributed by atoms with Gasteiger partial charge < -0.3 is 47.4 Å². The van der Waals surface area contributed by atoms with E-state index in [4.69, 9.17) is 47.4 Å². The highest BCUT2D eigenvalue weighted by Crippen LogP contribution is 2.19. The number of ether oxygens (including phenoxy) is 10. The number of unbranched alkanes of at least 4 members (excludes halogenated alkanes) is 6. The lowest BCUT2D eigenvalue weighted by Crippen LogP contribution is -2.30. The summed E-state index contributed by atoms with van der Waals surface area (Å²) < 4.78 is 54.5. The lowest BCUT2D eigenvalue weighted by Gasteiger charge is -2.19. The second-order valence-corrected chi connectivity index (χ2v) is 14.5. The summed E-state index contributed by atoms with van der Waals surface area (Å²) in [7, 11) is 0. The largest absolute Gasteiger partial charge is 0.491 e. The van der Waals surface area contributed by atoms with E-state index in [0.717, 1.165) is 25.7 Å². The van der Waals surface area contributed by atoms with Gasteiger partial charge in [-0.15, -0.1) is 0 Å². The standard InChI is InChI=1S/C46H66O16/c1-33(2)43(49)57-22-15-11-9-13-20-41(47)61-39(31-59-45(51)35(5)6)29-53-24-26-55-37-18-17-19-38(28-37)56-27-25-54-30-40(32-60-46(52)36(7)8)62-42(48)21-14-10-12-16-23-58-44(50)34(3)4/h17-19,28,39-40H,1,3,5,7,9-16,20-27,29-32H2,2,4,6,8H3. The molecule has 16 nitrogen and oxygen atoms in total. The van der Waals surface area contributed by atoms with Crippen molar-refractivity contribution >= 4 is 35.8 Å². The Labute approximate surface area is 365 Å². The molecule has 0 saturated carbocycles. The van der Waals surface area contributed by atoms with Crippen LogP contribution in [0.4, 0.5) is 0 Å². The molecule has 0 heterocycles. The molecule has 0 amide bonds. The van der Waals surface area contributed by atoms with Crippen molar-refractivity contribution in [1.29, 1.82) is 0 Å². The zero-order chi connectivity index (χ0) is 46.1. The average molecular weight is 875 g/mol. The number of carbonyl (C=O) groups is 6. The molecule has 2 atom stereocenters. The predicted octanol–water partition coefficient (Wildman–Crippen LogP) is 6.68. The molecule has 1 aromatic rings. The van der Waals surface area contributed by atoms with Crippen molar-refractivity contribution in [3.8, 4) is 11.5 Å². The summed E-state index contributed by atoms with van der Waals surface area (Å²) in [5.74, 6) is -1.96. The minimum Gasteiger partial charge on any atom is -0.491 e. The van der Waals surface area contributed by atoms with Gasteiger partial charge in [0.1, 0.15) is 37.9 Å². The molecule has 0 N–H and O–H groups in total. The van der Waals surface area contributed by atoms with Crippen LogP contribution in [0, 0.1) is 0 Å². The summed E-state index contributed by atoms with van der Waals surface area (Å²) in [6.45, 7) is 21.1. The topological polar surface area (TPSA) is 195 Å². The van der Waals surface area contributed by atoms with E-state index in [0.29, 0.717) is 48.3 Å². The first-order chi connectivity index (χ1) is 29.6. The van der Waals surface area contributed by atoms with Crippen LogP contribution in [0.1, 0.15) is 91.9 Å². The third kappa shape index (κ3) is 28.1. The van der Waals surface area contributed by atoms with Crippen LogP contribution in [-0.2, 0) is 66.7 Å². The molecule has 0 spiro atoms. The Morgan fingerprint density at radius 2 is 0.806 bits per heavy atom. The number of carbonyl (C=O) groups excluding carboxylic acids is 6. The van der Waals surface area contributed by atoms with E-state index in [1.165, 1.54) is 13.8 Å². The fraction of sp³-hybridized carbons (Fsp3) is 0.565. The van der Waals surface area contributed by atoms with Gasteiger partial charge in [0.05, 0.1) is 39.6 Å². The third-order valence-electron chi connectivity index (χ3n) is 8.21. The van der Waals surface area contributed by atoms with Crippen molar-refractivity contribution in [3.63, 3.8) is 0 Å². The van der Waals surface area contributed by atoms with Crippen LogP contribution in [0.5, 0.6) is 11.5 Å². The maximum Gasteiger partial charge on any atom is 0.333 e. The maximum absolute atomic E-state index is 12.5. The summed E-state index contributed by atoms with van der Waals surface area (Å²) in [6.07, 6.45) is 4.14. The van der Waals surface area contributed by atoms with Gasteiger partial charge in [-0.25, -0.2) is 19.2 Å².